The van der Waals surface area contributed by atoms with Gasteiger partial charge in [-0.3, -0.25) is 9.80 Å². The highest BCUT2D eigenvalue weighted by molar-refractivity contribution is 7.10. The van der Waals surface area contributed by atoms with Crippen LogP contribution in [0.5, 0.6) is 5.75 Å². The number of ether oxygens (including phenoxy) is 1. The van der Waals surface area contributed by atoms with Crippen molar-refractivity contribution in [1.82, 2.24) is 28.5 Å². The molecule has 2 saturated heterocycles. The van der Waals surface area contributed by atoms with Crippen LogP contribution in [0.2, 0.25) is 20.1 Å². The molecular formula is C41H42Cl4N8OS2. The summed E-state index contributed by atoms with van der Waals surface area (Å²) in [6.45, 7) is 10.00. The minimum absolute atomic E-state index is 0.591. The van der Waals surface area contributed by atoms with E-state index < -0.39 is 0 Å². The minimum atomic E-state index is 0.591. The molecule has 0 bridgehead atoms. The van der Waals surface area contributed by atoms with Crippen molar-refractivity contribution in [3.63, 3.8) is 0 Å². The molecule has 6 aromatic rings. The number of anilines is 2. The molecule has 2 aliphatic rings. The van der Waals surface area contributed by atoms with E-state index in [1.54, 1.807) is 13.2 Å². The van der Waals surface area contributed by atoms with Gasteiger partial charge in [0, 0.05) is 120 Å². The topological polar surface area (TPSA) is 73.8 Å². The van der Waals surface area contributed by atoms with Crippen LogP contribution >= 0.6 is 69.5 Å². The highest BCUT2D eigenvalue weighted by atomic mass is 35.5. The van der Waals surface area contributed by atoms with Gasteiger partial charge in [0.05, 0.1) is 7.11 Å². The Kier molecular flexibility index (Phi) is 14.3. The molecule has 56 heavy (non-hydrogen) atoms. The lowest BCUT2D eigenvalue weighted by atomic mass is 10.1. The minimum Gasteiger partial charge on any atom is -0.497 e. The Hall–Kier alpha value is -3.52. The summed E-state index contributed by atoms with van der Waals surface area (Å²) in [7, 11) is 1.71. The van der Waals surface area contributed by atoms with Crippen LogP contribution in [0.15, 0.2) is 91.0 Å². The summed E-state index contributed by atoms with van der Waals surface area (Å²) in [5, 5.41) is 4.71. The summed E-state index contributed by atoms with van der Waals surface area (Å²) < 4.78 is 14.3. The number of benzene rings is 4. The van der Waals surface area contributed by atoms with Gasteiger partial charge in [0.2, 0.25) is 10.3 Å². The second kappa shape index (κ2) is 19.8. The van der Waals surface area contributed by atoms with Crippen LogP contribution in [-0.4, -0.2) is 101 Å². The molecule has 15 heteroatoms. The maximum absolute atomic E-state index is 6.26. The lowest BCUT2D eigenvalue weighted by molar-refractivity contribution is 0.261. The second-order valence-corrected chi connectivity index (χ2v) is 16.7. The van der Waals surface area contributed by atoms with Crippen molar-refractivity contribution in [2.24, 2.45) is 0 Å². The van der Waals surface area contributed by atoms with E-state index >= 15 is 0 Å². The van der Waals surface area contributed by atoms with E-state index in [2.05, 4.69) is 46.5 Å². The molecule has 9 nitrogen and oxygen atoms in total. The third-order valence-electron chi connectivity index (χ3n) is 9.85. The van der Waals surface area contributed by atoms with Crippen molar-refractivity contribution in [3.05, 3.63) is 122 Å². The van der Waals surface area contributed by atoms with Gasteiger partial charge in [-0.25, -0.2) is 0 Å². The van der Waals surface area contributed by atoms with E-state index in [1.165, 1.54) is 34.2 Å². The van der Waals surface area contributed by atoms with Crippen LogP contribution in [0.1, 0.15) is 11.1 Å². The van der Waals surface area contributed by atoms with Crippen LogP contribution in [-0.2, 0) is 12.8 Å². The van der Waals surface area contributed by atoms with Gasteiger partial charge in [0.15, 0.2) is 11.6 Å². The Morgan fingerprint density at radius 3 is 1.73 bits per heavy atom. The van der Waals surface area contributed by atoms with Gasteiger partial charge in [-0.05, 0) is 84.6 Å². The van der Waals surface area contributed by atoms with Crippen molar-refractivity contribution in [1.29, 1.82) is 0 Å². The van der Waals surface area contributed by atoms with Crippen LogP contribution in [0.3, 0.4) is 0 Å². The molecule has 4 heterocycles. The van der Waals surface area contributed by atoms with Crippen LogP contribution in [0.4, 0.5) is 10.3 Å². The van der Waals surface area contributed by atoms with Crippen molar-refractivity contribution in [3.8, 4) is 28.5 Å². The number of aromatic nitrogens is 4. The summed E-state index contributed by atoms with van der Waals surface area (Å²) in [5.74, 6) is 2.36. The van der Waals surface area contributed by atoms with Gasteiger partial charge < -0.3 is 14.5 Å². The van der Waals surface area contributed by atoms with E-state index in [4.69, 9.17) is 61.1 Å². The highest BCUT2D eigenvalue weighted by Gasteiger charge is 2.22. The predicted molar refractivity (Wildman–Crippen MR) is 235 cm³/mol. The first-order chi connectivity index (χ1) is 27.3. The fourth-order valence-corrected chi connectivity index (χ4v) is 8.99. The van der Waals surface area contributed by atoms with Crippen LogP contribution in [0.25, 0.3) is 22.8 Å². The van der Waals surface area contributed by atoms with E-state index in [0.717, 1.165) is 121 Å². The van der Waals surface area contributed by atoms with Crippen LogP contribution < -0.4 is 14.5 Å². The molecule has 292 valence electrons. The predicted octanol–water partition coefficient (Wildman–Crippen LogP) is 9.76. The van der Waals surface area contributed by atoms with Crippen molar-refractivity contribution in [2.75, 3.05) is 82.4 Å². The number of rotatable bonds is 11. The molecule has 8 rings (SSSR count). The van der Waals surface area contributed by atoms with Gasteiger partial charge in [0.1, 0.15) is 5.75 Å². The lowest BCUT2D eigenvalue weighted by Crippen LogP contribution is -2.47. The first kappa shape index (κ1) is 40.7. The van der Waals surface area contributed by atoms with E-state index in [-0.39, 0.29) is 0 Å². The maximum atomic E-state index is 6.26. The third-order valence-corrected chi connectivity index (χ3v) is 12.5. The average Bonchev–Trinajstić information content (AvgIpc) is 3.92. The highest BCUT2D eigenvalue weighted by Crippen LogP contribution is 2.30. The van der Waals surface area contributed by atoms with E-state index in [9.17, 15) is 0 Å². The number of methoxy groups -OCH3 is 1. The van der Waals surface area contributed by atoms with Gasteiger partial charge in [-0.1, -0.05) is 76.7 Å². The molecule has 0 spiro atoms. The molecule has 4 aromatic carbocycles. The summed E-state index contributed by atoms with van der Waals surface area (Å²) in [4.78, 5) is 19.0. The molecule has 0 unspecified atom stereocenters. The van der Waals surface area contributed by atoms with Crippen LogP contribution in [0, 0.1) is 0 Å². The van der Waals surface area contributed by atoms with Crippen molar-refractivity contribution >= 4 is 79.7 Å². The quantitative estimate of drug-likeness (QED) is 0.127. The average molecular weight is 869 g/mol. The van der Waals surface area contributed by atoms with E-state index in [1.807, 2.05) is 66.7 Å². The summed E-state index contributed by atoms with van der Waals surface area (Å²) in [5.41, 5.74) is 4.38. The molecule has 0 saturated carbocycles. The zero-order valence-electron chi connectivity index (χ0n) is 31.0. The monoisotopic (exact) mass is 866 g/mol. The van der Waals surface area contributed by atoms with Gasteiger partial charge in [0.25, 0.3) is 0 Å². The molecule has 2 aliphatic heterocycles. The molecule has 2 aromatic heterocycles. The second-order valence-electron chi connectivity index (χ2n) is 13.6. The Bertz CT molecular complexity index is 2150. The standard InChI is InChI=1S/C21H22Cl2N4OS.C20H20Cl2N4S/c1-28-19-4-2-3-15(11-19)5-6-26-7-9-27(10-8-26)21-24-20(25-29-21)16-12-17(22)14-18(23)13-16;21-17-7-5-16(6-8-17)19-23-20(27-24-19)26-13-11-25(12-14-26)10-9-15-3-1-2-4-18(15)22/h2-4,11-14H,5-10H2,1H3;1-8H,9-14H2. The third kappa shape index (κ3) is 11.1. The fraction of sp³-hybridized carbons (Fsp3) is 0.317. The zero-order chi connectivity index (χ0) is 38.9. The number of nitrogens with zero attached hydrogens (tertiary/aromatic N) is 8. The van der Waals surface area contributed by atoms with E-state index in [0.29, 0.717) is 15.9 Å². The number of hydrogen-bond donors (Lipinski definition) is 0. The Morgan fingerprint density at radius 2 is 1.14 bits per heavy atom. The van der Waals surface area contributed by atoms with Crippen molar-refractivity contribution in [2.45, 2.75) is 12.8 Å². The van der Waals surface area contributed by atoms with Gasteiger partial charge in [-0.2, -0.15) is 18.7 Å². The summed E-state index contributed by atoms with van der Waals surface area (Å²) in [6, 6.07) is 29.5. The first-order valence-electron chi connectivity index (χ1n) is 18.5. The fourth-order valence-electron chi connectivity index (χ4n) is 6.62. The lowest BCUT2D eigenvalue weighted by Gasteiger charge is -2.34. The molecule has 0 radical (unpaired) electrons. The summed E-state index contributed by atoms with van der Waals surface area (Å²) in [6.07, 6.45) is 2.01. The zero-order valence-corrected chi connectivity index (χ0v) is 35.6. The normalized spacial score (nSPS) is 15.1. The van der Waals surface area contributed by atoms with Gasteiger partial charge >= 0.3 is 0 Å². The number of piperazine rings is 2. The molecular weight excluding hydrogens is 826 g/mol. The maximum Gasteiger partial charge on any atom is 0.205 e. The largest absolute Gasteiger partial charge is 0.497 e. The summed E-state index contributed by atoms with van der Waals surface area (Å²) >= 11 is 27.3. The molecule has 2 fully saturated rings. The smallest absolute Gasteiger partial charge is 0.205 e. The molecule has 0 atom stereocenters. The molecule has 0 aliphatic carbocycles. The Balaban J connectivity index is 0.000000172. The Morgan fingerprint density at radius 1 is 0.571 bits per heavy atom. The molecule has 0 N–H and O–H groups in total. The van der Waals surface area contributed by atoms with Gasteiger partial charge in [-0.15, -0.1) is 0 Å². The number of halogens is 4. The number of hydrogen-bond acceptors (Lipinski definition) is 11. The Labute approximate surface area is 356 Å². The SMILES string of the molecule is COc1cccc(CCN2CCN(c3nc(-c4cc(Cl)cc(Cl)c4)ns3)CC2)c1.Clc1ccc(-c2nsc(N3CCN(CCc4ccccc4Cl)CC3)n2)cc1. The molecule has 0 amide bonds. The van der Waals surface area contributed by atoms with Crippen molar-refractivity contribution < 1.29 is 4.74 Å². The first-order valence-corrected chi connectivity index (χ1v) is 21.6.